The van der Waals surface area contributed by atoms with Gasteiger partial charge in [0.2, 0.25) is 0 Å². The average Bonchev–Trinajstić information content (AvgIpc) is 2.79. The van der Waals surface area contributed by atoms with E-state index in [1.165, 1.54) is 38.7 Å². The summed E-state index contributed by atoms with van der Waals surface area (Å²) in [5.41, 5.74) is 1.05. The van der Waals surface area contributed by atoms with Crippen molar-refractivity contribution in [2.45, 2.75) is 25.4 Å². The van der Waals surface area contributed by atoms with Gasteiger partial charge in [-0.1, -0.05) is 0 Å². The third-order valence-corrected chi connectivity index (χ3v) is 3.87. The van der Waals surface area contributed by atoms with Crippen molar-refractivity contribution in [2.75, 3.05) is 26.2 Å². The lowest BCUT2D eigenvalue weighted by molar-refractivity contribution is 0.0984. The van der Waals surface area contributed by atoms with Gasteiger partial charge in [0.05, 0.1) is 11.9 Å². The van der Waals surface area contributed by atoms with Crippen LogP contribution in [-0.4, -0.2) is 52.1 Å². The molecule has 4 nitrogen and oxygen atoms in total. The van der Waals surface area contributed by atoms with Crippen molar-refractivity contribution in [1.29, 1.82) is 0 Å². The van der Waals surface area contributed by atoms with Crippen LogP contribution in [0.2, 0.25) is 0 Å². The molecular weight excluding hydrogens is 214 g/mol. The fourth-order valence-electron chi connectivity index (χ4n) is 2.94. The predicted molar refractivity (Wildman–Crippen MR) is 65.8 cm³/mol. The van der Waals surface area contributed by atoms with Gasteiger partial charge < -0.3 is 5.11 Å². The number of hydrogen-bond donors (Lipinski definition) is 1. The first-order chi connectivity index (χ1) is 8.31. The molecule has 3 rings (SSSR count). The van der Waals surface area contributed by atoms with Crippen LogP contribution < -0.4 is 0 Å². The highest BCUT2D eigenvalue weighted by atomic mass is 16.3. The molecule has 0 aromatic carbocycles. The molecule has 92 valence electrons. The number of piperazine rings is 1. The Labute approximate surface area is 102 Å². The van der Waals surface area contributed by atoms with Crippen LogP contribution >= 0.6 is 0 Å². The van der Waals surface area contributed by atoms with Crippen LogP contribution in [0.4, 0.5) is 0 Å². The molecule has 3 heterocycles. The second-order valence-electron chi connectivity index (χ2n) is 5.07. The topological polar surface area (TPSA) is 39.6 Å². The lowest BCUT2D eigenvalue weighted by atomic mass is 10.1. The minimum atomic E-state index is 0.245. The molecule has 2 fully saturated rings. The average molecular weight is 233 g/mol. The minimum Gasteiger partial charge on any atom is -0.506 e. The Balaban J connectivity index is 1.60. The zero-order valence-electron chi connectivity index (χ0n) is 10.0. The van der Waals surface area contributed by atoms with Gasteiger partial charge in [-0.25, -0.2) is 0 Å². The van der Waals surface area contributed by atoms with Gasteiger partial charge in [-0.3, -0.25) is 14.8 Å². The van der Waals surface area contributed by atoms with E-state index in [0.717, 1.165) is 24.8 Å². The van der Waals surface area contributed by atoms with E-state index >= 15 is 0 Å². The number of fused-ring (bicyclic) bond motifs is 1. The standard InChI is InChI=1S/C13H19N3O/c17-13-4-3-11(14-8-13)9-15-6-7-16-5-1-2-12(16)10-15/h3-4,8,12,17H,1-2,5-7,9-10H2. The molecule has 0 radical (unpaired) electrons. The van der Waals surface area contributed by atoms with E-state index in [9.17, 15) is 5.11 Å². The van der Waals surface area contributed by atoms with E-state index in [0.29, 0.717) is 0 Å². The van der Waals surface area contributed by atoms with Crippen molar-refractivity contribution in [3.8, 4) is 5.75 Å². The Hall–Kier alpha value is -1.13. The molecule has 0 spiro atoms. The summed E-state index contributed by atoms with van der Waals surface area (Å²) in [6, 6.07) is 4.39. The third-order valence-electron chi connectivity index (χ3n) is 3.87. The number of aromatic nitrogens is 1. The van der Waals surface area contributed by atoms with Crippen LogP contribution in [0, 0.1) is 0 Å². The molecule has 0 aliphatic carbocycles. The van der Waals surface area contributed by atoms with Crippen LogP contribution in [0.5, 0.6) is 5.75 Å². The molecule has 2 aliphatic rings. The number of pyridine rings is 1. The van der Waals surface area contributed by atoms with E-state index in [-0.39, 0.29) is 5.75 Å². The van der Waals surface area contributed by atoms with E-state index in [1.54, 1.807) is 6.07 Å². The van der Waals surface area contributed by atoms with Crippen molar-refractivity contribution in [2.24, 2.45) is 0 Å². The Morgan fingerprint density at radius 1 is 1.29 bits per heavy atom. The number of rotatable bonds is 2. The third kappa shape index (κ3) is 2.42. The molecule has 17 heavy (non-hydrogen) atoms. The zero-order chi connectivity index (χ0) is 11.7. The Morgan fingerprint density at radius 2 is 2.24 bits per heavy atom. The van der Waals surface area contributed by atoms with Gasteiger partial charge in [0, 0.05) is 32.2 Å². The maximum Gasteiger partial charge on any atom is 0.133 e. The van der Waals surface area contributed by atoms with E-state index in [4.69, 9.17) is 0 Å². The maximum absolute atomic E-state index is 9.20. The van der Waals surface area contributed by atoms with E-state index in [1.807, 2.05) is 6.07 Å². The van der Waals surface area contributed by atoms with Crippen LogP contribution in [0.25, 0.3) is 0 Å². The fourth-order valence-corrected chi connectivity index (χ4v) is 2.94. The normalized spacial score (nSPS) is 26.0. The molecule has 4 heteroatoms. The highest BCUT2D eigenvalue weighted by molar-refractivity contribution is 5.17. The molecule has 0 amide bonds. The summed E-state index contributed by atoms with van der Waals surface area (Å²) in [5, 5.41) is 9.20. The number of aromatic hydroxyl groups is 1. The van der Waals surface area contributed by atoms with Crippen LogP contribution in [-0.2, 0) is 6.54 Å². The molecule has 1 aromatic rings. The monoisotopic (exact) mass is 233 g/mol. The van der Waals surface area contributed by atoms with Crippen molar-refractivity contribution in [3.63, 3.8) is 0 Å². The molecular formula is C13H19N3O. The summed E-state index contributed by atoms with van der Waals surface area (Å²) in [5.74, 6) is 0.245. The van der Waals surface area contributed by atoms with Crippen LogP contribution in [0.3, 0.4) is 0 Å². The van der Waals surface area contributed by atoms with Crippen molar-refractivity contribution < 1.29 is 5.11 Å². The van der Waals surface area contributed by atoms with Crippen molar-refractivity contribution in [3.05, 3.63) is 24.0 Å². The highest BCUT2D eigenvalue weighted by Crippen LogP contribution is 2.22. The Bertz CT molecular complexity index is 379. The molecule has 2 saturated heterocycles. The molecule has 2 aliphatic heterocycles. The van der Waals surface area contributed by atoms with E-state index in [2.05, 4.69) is 14.8 Å². The van der Waals surface area contributed by atoms with Gasteiger partial charge in [0.15, 0.2) is 0 Å². The smallest absolute Gasteiger partial charge is 0.133 e. The molecule has 1 aromatic heterocycles. The second kappa shape index (κ2) is 4.63. The SMILES string of the molecule is Oc1ccc(CN2CCN3CCCC3C2)nc1. The highest BCUT2D eigenvalue weighted by Gasteiger charge is 2.30. The first-order valence-electron chi connectivity index (χ1n) is 6.41. The van der Waals surface area contributed by atoms with Crippen molar-refractivity contribution in [1.82, 2.24) is 14.8 Å². The second-order valence-corrected chi connectivity index (χ2v) is 5.07. The predicted octanol–water partition coefficient (Wildman–Crippen LogP) is 1.07. The first kappa shape index (κ1) is 11.0. The van der Waals surface area contributed by atoms with E-state index < -0.39 is 0 Å². The quantitative estimate of drug-likeness (QED) is 0.829. The summed E-state index contributed by atoms with van der Waals surface area (Å²) in [7, 11) is 0. The number of nitrogens with zero attached hydrogens (tertiary/aromatic N) is 3. The van der Waals surface area contributed by atoms with Gasteiger partial charge in [-0.2, -0.15) is 0 Å². The summed E-state index contributed by atoms with van der Waals surface area (Å²) >= 11 is 0. The summed E-state index contributed by atoms with van der Waals surface area (Å²) in [6.07, 6.45) is 4.23. The van der Waals surface area contributed by atoms with Gasteiger partial charge in [0.1, 0.15) is 5.75 Å². The fraction of sp³-hybridized carbons (Fsp3) is 0.615. The summed E-state index contributed by atoms with van der Waals surface area (Å²) < 4.78 is 0. The van der Waals surface area contributed by atoms with Crippen LogP contribution in [0.1, 0.15) is 18.5 Å². The van der Waals surface area contributed by atoms with Gasteiger partial charge in [-0.05, 0) is 31.5 Å². The van der Waals surface area contributed by atoms with Gasteiger partial charge in [-0.15, -0.1) is 0 Å². The van der Waals surface area contributed by atoms with Gasteiger partial charge in [0.25, 0.3) is 0 Å². The maximum atomic E-state index is 9.20. The lowest BCUT2D eigenvalue weighted by Crippen LogP contribution is -2.49. The molecule has 1 atom stereocenters. The lowest BCUT2D eigenvalue weighted by Gasteiger charge is -2.37. The number of hydrogen-bond acceptors (Lipinski definition) is 4. The zero-order valence-corrected chi connectivity index (χ0v) is 10.0. The molecule has 0 bridgehead atoms. The molecule has 1 N–H and O–H groups in total. The Kier molecular flexibility index (Phi) is 2.99. The summed E-state index contributed by atoms with van der Waals surface area (Å²) in [6.45, 7) is 5.70. The minimum absolute atomic E-state index is 0.245. The molecule has 0 saturated carbocycles. The Morgan fingerprint density at radius 3 is 3.06 bits per heavy atom. The summed E-state index contributed by atoms with van der Waals surface area (Å²) in [4.78, 5) is 9.34. The van der Waals surface area contributed by atoms with Gasteiger partial charge >= 0.3 is 0 Å². The first-order valence-corrected chi connectivity index (χ1v) is 6.41. The van der Waals surface area contributed by atoms with Crippen LogP contribution in [0.15, 0.2) is 18.3 Å². The van der Waals surface area contributed by atoms with Crippen molar-refractivity contribution >= 4 is 0 Å². The largest absolute Gasteiger partial charge is 0.506 e. The molecule has 1 unspecified atom stereocenters.